The van der Waals surface area contributed by atoms with Gasteiger partial charge in [-0.1, -0.05) is 12.5 Å². The number of benzene rings is 1. The van der Waals surface area contributed by atoms with Crippen molar-refractivity contribution in [1.82, 2.24) is 9.88 Å². The Bertz CT molecular complexity index is 811. The number of nitrogens with two attached hydrogens (primary N) is 1. The van der Waals surface area contributed by atoms with Crippen molar-refractivity contribution < 1.29 is 10.2 Å². The number of piperidine rings is 1. The molecule has 1 saturated heterocycles. The first-order chi connectivity index (χ1) is 12.1. The molecule has 0 aliphatic carbocycles. The van der Waals surface area contributed by atoms with Gasteiger partial charge >= 0.3 is 0 Å². The van der Waals surface area contributed by atoms with E-state index in [4.69, 9.17) is 5.73 Å². The number of phenolic OH excluding ortho intramolecular Hbond substituents is 2. The topological polar surface area (TPSA) is 95.0 Å². The van der Waals surface area contributed by atoms with Crippen molar-refractivity contribution in [3.05, 3.63) is 41.6 Å². The van der Waals surface area contributed by atoms with Gasteiger partial charge in [0.1, 0.15) is 11.5 Å². The molecular formula is C19H22N4O2. The molecule has 1 unspecified atom stereocenters. The number of nitrogen functional groups attached to an aromatic ring is 1. The molecule has 6 heteroatoms. The number of aliphatic imine (C=N–C) groups is 1. The van der Waals surface area contributed by atoms with Crippen LogP contribution in [-0.4, -0.2) is 38.9 Å². The van der Waals surface area contributed by atoms with Crippen molar-refractivity contribution in [2.45, 2.75) is 31.7 Å². The molecule has 0 bridgehead atoms. The first kappa shape index (κ1) is 15.9. The molecule has 0 saturated carbocycles. The Morgan fingerprint density at radius 1 is 1.04 bits per heavy atom. The number of hydrogen-bond acceptors (Lipinski definition) is 6. The Hall–Kier alpha value is -2.60. The predicted molar refractivity (Wildman–Crippen MR) is 97.4 cm³/mol. The third kappa shape index (κ3) is 2.93. The van der Waals surface area contributed by atoms with Gasteiger partial charge in [0.25, 0.3) is 0 Å². The zero-order valence-electron chi connectivity index (χ0n) is 14.0. The summed E-state index contributed by atoms with van der Waals surface area (Å²) in [7, 11) is 0. The van der Waals surface area contributed by atoms with Gasteiger partial charge in [-0.15, -0.1) is 0 Å². The van der Waals surface area contributed by atoms with Crippen molar-refractivity contribution in [2.24, 2.45) is 4.99 Å². The van der Waals surface area contributed by atoms with Crippen LogP contribution in [0.1, 0.15) is 42.9 Å². The number of nitrogens with zero attached hydrogens (tertiary/aromatic N) is 3. The maximum atomic E-state index is 10.4. The minimum Gasteiger partial charge on any atom is -0.504 e. The van der Waals surface area contributed by atoms with Gasteiger partial charge in [-0.2, -0.15) is 0 Å². The molecule has 0 spiro atoms. The molecule has 4 rings (SSSR count). The lowest BCUT2D eigenvalue weighted by atomic mass is 9.90. The van der Waals surface area contributed by atoms with Gasteiger partial charge in [-0.25, -0.2) is 9.98 Å². The highest BCUT2D eigenvalue weighted by Gasteiger charge is 2.31. The summed E-state index contributed by atoms with van der Waals surface area (Å²) in [6.45, 7) is 2.08. The van der Waals surface area contributed by atoms with E-state index in [9.17, 15) is 10.2 Å². The van der Waals surface area contributed by atoms with Gasteiger partial charge in [0.05, 0.1) is 5.71 Å². The van der Waals surface area contributed by atoms with Crippen LogP contribution in [0.25, 0.3) is 0 Å². The van der Waals surface area contributed by atoms with Crippen LogP contribution < -0.4 is 5.73 Å². The molecule has 1 aromatic carbocycles. The van der Waals surface area contributed by atoms with Gasteiger partial charge in [0, 0.05) is 24.2 Å². The van der Waals surface area contributed by atoms with Gasteiger partial charge in [-0.3, -0.25) is 4.90 Å². The standard InChI is InChI=1S/C19H22N4O2/c20-17-7-4-12(11-21-17)14-10-15(23-8-2-1-3-9-23)13-5-6-16(24)19(25)18(13)22-14/h4-7,11,15,24-25H,1-3,8-10H2,(H2,20,21). The van der Waals surface area contributed by atoms with Gasteiger partial charge < -0.3 is 15.9 Å². The summed E-state index contributed by atoms with van der Waals surface area (Å²) in [4.78, 5) is 11.3. The van der Waals surface area contributed by atoms with Gasteiger partial charge in [-0.05, 0) is 49.7 Å². The summed E-state index contributed by atoms with van der Waals surface area (Å²) in [5, 5.41) is 20.3. The van der Waals surface area contributed by atoms with Crippen LogP contribution in [0.15, 0.2) is 35.5 Å². The fourth-order valence-electron chi connectivity index (χ4n) is 3.76. The molecule has 0 radical (unpaired) electrons. The molecule has 130 valence electrons. The highest BCUT2D eigenvalue weighted by atomic mass is 16.3. The van der Waals surface area contributed by atoms with Crippen molar-refractivity contribution in [3.8, 4) is 11.5 Å². The lowest BCUT2D eigenvalue weighted by Gasteiger charge is -2.37. The number of likely N-dealkylation sites (tertiary alicyclic amines) is 1. The number of hydrogen-bond donors (Lipinski definition) is 3. The zero-order valence-corrected chi connectivity index (χ0v) is 14.0. The average Bonchev–Trinajstić information content (AvgIpc) is 2.65. The molecular weight excluding hydrogens is 316 g/mol. The van der Waals surface area contributed by atoms with Gasteiger partial charge in [0.2, 0.25) is 0 Å². The molecule has 1 aromatic heterocycles. The smallest absolute Gasteiger partial charge is 0.184 e. The largest absolute Gasteiger partial charge is 0.504 e. The van der Waals surface area contributed by atoms with E-state index in [2.05, 4.69) is 14.9 Å². The quantitative estimate of drug-likeness (QED) is 0.731. The Labute approximate surface area is 146 Å². The highest BCUT2D eigenvalue weighted by molar-refractivity contribution is 6.04. The van der Waals surface area contributed by atoms with Crippen LogP contribution in [0.5, 0.6) is 11.5 Å². The summed E-state index contributed by atoms with van der Waals surface area (Å²) in [6, 6.07) is 7.23. The van der Waals surface area contributed by atoms with Crippen molar-refractivity contribution in [2.75, 3.05) is 18.8 Å². The van der Waals surface area contributed by atoms with E-state index in [1.54, 1.807) is 18.3 Å². The molecule has 2 aromatic rings. The summed E-state index contributed by atoms with van der Waals surface area (Å²) >= 11 is 0. The molecule has 3 heterocycles. The van der Waals surface area contributed by atoms with E-state index in [0.717, 1.165) is 36.3 Å². The third-order valence-electron chi connectivity index (χ3n) is 5.10. The zero-order chi connectivity index (χ0) is 17.4. The fraction of sp³-hybridized carbons (Fsp3) is 0.368. The van der Waals surface area contributed by atoms with E-state index in [1.165, 1.54) is 19.3 Å². The Kier molecular flexibility index (Phi) is 4.05. The number of phenols is 2. The number of rotatable bonds is 2. The van der Waals surface area contributed by atoms with Crippen LogP contribution >= 0.6 is 0 Å². The predicted octanol–water partition coefficient (Wildman–Crippen LogP) is 3.13. The minimum absolute atomic E-state index is 0.142. The van der Waals surface area contributed by atoms with Crippen molar-refractivity contribution in [1.29, 1.82) is 0 Å². The Morgan fingerprint density at radius 2 is 1.84 bits per heavy atom. The SMILES string of the molecule is Nc1ccc(C2=Nc3c(ccc(O)c3O)C(N3CCCCC3)C2)cn1. The Balaban J connectivity index is 1.80. The molecule has 1 fully saturated rings. The summed E-state index contributed by atoms with van der Waals surface area (Å²) in [5.74, 6) is 0.172. The second-order valence-corrected chi connectivity index (χ2v) is 6.72. The maximum absolute atomic E-state index is 10.4. The van der Waals surface area contributed by atoms with E-state index in [1.807, 2.05) is 12.1 Å². The van der Waals surface area contributed by atoms with E-state index >= 15 is 0 Å². The molecule has 6 nitrogen and oxygen atoms in total. The van der Waals surface area contributed by atoms with Crippen molar-refractivity contribution >= 4 is 17.2 Å². The fourth-order valence-corrected chi connectivity index (χ4v) is 3.76. The van der Waals surface area contributed by atoms with Crippen LogP contribution in [0.2, 0.25) is 0 Å². The monoisotopic (exact) mass is 338 g/mol. The second kappa shape index (κ2) is 6.37. The van der Waals surface area contributed by atoms with Crippen LogP contribution in [0.3, 0.4) is 0 Å². The molecule has 25 heavy (non-hydrogen) atoms. The highest BCUT2D eigenvalue weighted by Crippen LogP contribution is 2.47. The first-order valence-electron chi connectivity index (χ1n) is 8.72. The second-order valence-electron chi connectivity index (χ2n) is 6.72. The van der Waals surface area contributed by atoms with E-state index < -0.39 is 0 Å². The normalized spacial score (nSPS) is 20.8. The average molecular weight is 338 g/mol. The van der Waals surface area contributed by atoms with Crippen molar-refractivity contribution in [3.63, 3.8) is 0 Å². The molecule has 2 aliphatic heterocycles. The Morgan fingerprint density at radius 3 is 2.56 bits per heavy atom. The number of fused-ring (bicyclic) bond motifs is 1. The van der Waals surface area contributed by atoms with Crippen LogP contribution in [0, 0.1) is 0 Å². The number of pyridine rings is 1. The lowest BCUT2D eigenvalue weighted by Crippen LogP contribution is -2.36. The summed E-state index contributed by atoms with van der Waals surface area (Å²) < 4.78 is 0. The number of aromatic nitrogens is 1. The summed E-state index contributed by atoms with van der Waals surface area (Å²) in [5.41, 5.74) is 8.88. The maximum Gasteiger partial charge on any atom is 0.184 e. The first-order valence-corrected chi connectivity index (χ1v) is 8.72. The molecule has 2 aliphatic rings. The summed E-state index contributed by atoms with van der Waals surface area (Å²) in [6.07, 6.45) is 6.10. The van der Waals surface area contributed by atoms with E-state index in [0.29, 0.717) is 11.5 Å². The van der Waals surface area contributed by atoms with Crippen LogP contribution in [-0.2, 0) is 0 Å². The molecule has 1 atom stereocenters. The minimum atomic E-state index is -0.153. The van der Waals surface area contributed by atoms with Crippen LogP contribution in [0.4, 0.5) is 11.5 Å². The molecule has 0 amide bonds. The third-order valence-corrected chi connectivity index (χ3v) is 5.10. The van der Waals surface area contributed by atoms with E-state index in [-0.39, 0.29) is 17.5 Å². The molecule has 4 N–H and O–H groups in total. The van der Waals surface area contributed by atoms with Gasteiger partial charge in [0.15, 0.2) is 11.5 Å². The number of aromatic hydroxyl groups is 2. The number of anilines is 1. The lowest BCUT2D eigenvalue weighted by molar-refractivity contribution is 0.166.